The predicted molar refractivity (Wildman–Crippen MR) is 93.9 cm³/mol. The minimum Gasteiger partial charge on any atom is -0.393 e. The molecule has 0 aromatic heterocycles. The third-order valence-corrected chi connectivity index (χ3v) is 8.82. The van der Waals surface area contributed by atoms with Crippen LogP contribution >= 0.6 is 0 Å². The first-order valence-corrected chi connectivity index (χ1v) is 9.50. The minimum absolute atomic E-state index is 0.113. The summed E-state index contributed by atoms with van der Waals surface area (Å²) in [4.78, 5) is 0. The minimum atomic E-state index is -0.113. The molecule has 0 saturated heterocycles. The number of fused-ring (bicyclic) bond motifs is 5. The summed E-state index contributed by atoms with van der Waals surface area (Å²) in [7, 11) is 0. The maximum Gasteiger partial charge on any atom is 0.0577 e. The molecule has 0 spiro atoms. The predicted octanol–water partition coefficient (Wildman–Crippen LogP) is 4.01. The van der Waals surface area contributed by atoms with Gasteiger partial charge in [0.1, 0.15) is 0 Å². The SMILES string of the molecule is CC12CCC(O)CC1=CCC1C2CCC2(C)C(=NN)CCC12C. The van der Waals surface area contributed by atoms with Crippen molar-refractivity contribution in [1.82, 2.24) is 0 Å². The molecule has 3 heteroatoms. The Morgan fingerprint density at radius 1 is 1.13 bits per heavy atom. The summed E-state index contributed by atoms with van der Waals surface area (Å²) in [5, 5.41) is 14.3. The molecule has 3 fully saturated rings. The number of hydrogen-bond acceptors (Lipinski definition) is 3. The van der Waals surface area contributed by atoms with E-state index in [9.17, 15) is 5.11 Å². The van der Waals surface area contributed by atoms with Crippen LogP contribution in [0.15, 0.2) is 16.8 Å². The third kappa shape index (κ3) is 1.83. The number of hydrogen-bond donors (Lipinski definition) is 2. The van der Waals surface area contributed by atoms with Crippen LogP contribution in [0.4, 0.5) is 0 Å². The quantitative estimate of drug-likeness (QED) is 0.403. The van der Waals surface area contributed by atoms with Gasteiger partial charge in [-0.05, 0) is 74.0 Å². The van der Waals surface area contributed by atoms with E-state index in [1.807, 2.05) is 0 Å². The van der Waals surface area contributed by atoms with E-state index in [2.05, 4.69) is 31.9 Å². The van der Waals surface area contributed by atoms with Gasteiger partial charge in [0, 0.05) is 11.1 Å². The van der Waals surface area contributed by atoms with E-state index >= 15 is 0 Å². The molecule has 6 unspecified atom stereocenters. The second-order valence-corrected chi connectivity index (χ2v) is 9.36. The normalized spacial score (nSPS) is 54.2. The van der Waals surface area contributed by atoms with E-state index < -0.39 is 0 Å². The zero-order valence-electron chi connectivity index (χ0n) is 14.9. The number of hydrazone groups is 1. The van der Waals surface area contributed by atoms with E-state index in [-0.39, 0.29) is 11.5 Å². The number of rotatable bonds is 0. The highest BCUT2D eigenvalue weighted by atomic mass is 16.3. The molecule has 0 heterocycles. The molecule has 128 valence electrons. The molecule has 0 aliphatic heterocycles. The molecule has 0 aromatic carbocycles. The highest BCUT2D eigenvalue weighted by Gasteiger charge is 2.63. The van der Waals surface area contributed by atoms with Crippen molar-refractivity contribution in [2.45, 2.75) is 78.2 Å². The van der Waals surface area contributed by atoms with Gasteiger partial charge in [0.05, 0.1) is 6.10 Å². The van der Waals surface area contributed by atoms with E-state index in [1.165, 1.54) is 31.4 Å². The summed E-state index contributed by atoms with van der Waals surface area (Å²) in [5.74, 6) is 7.26. The fourth-order valence-corrected chi connectivity index (χ4v) is 6.99. The van der Waals surface area contributed by atoms with Crippen LogP contribution in [-0.2, 0) is 0 Å². The lowest BCUT2D eigenvalue weighted by molar-refractivity contribution is -0.0748. The average Bonchev–Trinajstić information content (AvgIpc) is 2.79. The number of allylic oxidation sites excluding steroid dienone is 1. The Morgan fingerprint density at radius 3 is 2.65 bits per heavy atom. The van der Waals surface area contributed by atoms with Crippen LogP contribution in [0, 0.1) is 28.1 Å². The number of nitrogens with two attached hydrogens (primary N) is 1. The molecule has 4 aliphatic rings. The van der Waals surface area contributed by atoms with Crippen LogP contribution in [-0.4, -0.2) is 16.9 Å². The van der Waals surface area contributed by atoms with Gasteiger partial charge in [0.2, 0.25) is 0 Å². The van der Waals surface area contributed by atoms with E-state index in [0.717, 1.165) is 37.5 Å². The van der Waals surface area contributed by atoms with Crippen LogP contribution in [0.25, 0.3) is 0 Å². The first-order chi connectivity index (χ1) is 10.8. The monoisotopic (exact) mass is 316 g/mol. The lowest BCUT2D eigenvalue weighted by atomic mass is 9.43. The molecule has 23 heavy (non-hydrogen) atoms. The summed E-state index contributed by atoms with van der Waals surface area (Å²) in [6.07, 6.45) is 11.4. The van der Waals surface area contributed by atoms with Gasteiger partial charge in [-0.2, -0.15) is 5.10 Å². The van der Waals surface area contributed by atoms with Gasteiger partial charge in [-0.15, -0.1) is 0 Å². The van der Waals surface area contributed by atoms with Crippen molar-refractivity contribution in [2.24, 2.45) is 39.0 Å². The summed E-state index contributed by atoms with van der Waals surface area (Å²) >= 11 is 0. The second-order valence-electron chi connectivity index (χ2n) is 9.36. The third-order valence-electron chi connectivity index (χ3n) is 8.82. The van der Waals surface area contributed by atoms with E-state index in [0.29, 0.717) is 10.8 Å². The Bertz CT molecular complexity index is 582. The smallest absolute Gasteiger partial charge is 0.0577 e. The van der Waals surface area contributed by atoms with Crippen LogP contribution in [0.3, 0.4) is 0 Å². The Kier molecular flexibility index (Phi) is 3.30. The highest BCUT2D eigenvalue weighted by molar-refractivity contribution is 5.93. The molecule has 0 radical (unpaired) electrons. The molecule has 4 rings (SSSR count). The van der Waals surface area contributed by atoms with Crippen molar-refractivity contribution in [3.63, 3.8) is 0 Å². The zero-order chi connectivity index (χ0) is 16.5. The zero-order valence-corrected chi connectivity index (χ0v) is 14.9. The van der Waals surface area contributed by atoms with Gasteiger partial charge in [0.15, 0.2) is 0 Å². The molecule has 3 saturated carbocycles. The van der Waals surface area contributed by atoms with Crippen molar-refractivity contribution in [3.05, 3.63) is 11.6 Å². The molecule has 0 bridgehead atoms. The van der Waals surface area contributed by atoms with Gasteiger partial charge >= 0.3 is 0 Å². The molecular formula is C20H32N2O. The Morgan fingerprint density at radius 2 is 1.91 bits per heavy atom. The molecular weight excluding hydrogens is 284 g/mol. The van der Waals surface area contributed by atoms with Gasteiger partial charge in [-0.25, -0.2) is 0 Å². The largest absolute Gasteiger partial charge is 0.393 e. The van der Waals surface area contributed by atoms with Crippen LogP contribution in [0.1, 0.15) is 72.1 Å². The maximum atomic E-state index is 10.1. The molecule has 4 aliphatic carbocycles. The van der Waals surface area contributed by atoms with Crippen LogP contribution in [0.5, 0.6) is 0 Å². The number of aliphatic hydroxyl groups is 1. The average molecular weight is 316 g/mol. The maximum absolute atomic E-state index is 10.1. The van der Waals surface area contributed by atoms with E-state index in [1.54, 1.807) is 5.57 Å². The topological polar surface area (TPSA) is 58.6 Å². The van der Waals surface area contributed by atoms with Crippen molar-refractivity contribution in [2.75, 3.05) is 0 Å². The van der Waals surface area contributed by atoms with Crippen molar-refractivity contribution in [3.8, 4) is 0 Å². The van der Waals surface area contributed by atoms with Crippen LogP contribution < -0.4 is 5.84 Å². The fraction of sp³-hybridized carbons (Fsp3) is 0.850. The number of nitrogens with zero attached hydrogens (tertiary/aromatic N) is 1. The summed E-state index contributed by atoms with van der Waals surface area (Å²) in [6, 6.07) is 0. The summed E-state index contributed by atoms with van der Waals surface area (Å²) in [6.45, 7) is 7.43. The first kappa shape index (κ1) is 15.7. The molecule has 0 aromatic rings. The van der Waals surface area contributed by atoms with Crippen molar-refractivity contribution < 1.29 is 5.11 Å². The molecule has 3 nitrogen and oxygen atoms in total. The number of aliphatic hydroxyl groups excluding tert-OH is 1. The van der Waals surface area contributed by atoms with Crippen molar-refractivity contribution >= 4 is 5.71 Å². The van der Waals surface area contributed by atoms with Crippen LogP contribution in [0.2, 0.25) is 0 Å². The van der Waals surface area contributed by atoms with Gasteiger partial charge < -0.3 is 10.9 Å². The Labute approximate surface area is 140 Å². The van der Waals surface area contributed by atoms with Crippen molar-refractivity contribution in [1.29, 1.82) is 0 Å². The highest BCUT2D eigenvalue weighted by Crippen LogP contribution is 2.69. The first-order valence-electron chi connectivity index (χ1n) is 9.50. The van der Waals surface area contributed by atoms with Gasteiger partial charge in [-0.3, -0.25) is 0 Å². The lowest BCUT2D eigenvalue weighted by Crippen LogP contribution is -2.55. The Balaban J connectivity index is 1.75. The lowest BCUT2D eigenvalue weighted by Gasteiger charge is -2.61. The molecule has 6 atom stereocenters. The second kappa shape index (κ2) is 4.84. The standard InChI is InChI=1S/C20H32N2O/c1-18-9-6-14(23)12-13(18)4-5-16-15(18)7-10-20(3)17(22-21)8-11-19(16,20)2/h4,14-16,23H,5-12,21H2,1-3H3. The summed E-state index contributed by atoms with van der Waals surface area (Å²) in [5.41, 5.74) is 3.65. The van der Waals surface area contributed by atoms with Gasteiger partial charge in [-0.1, -0.05) is 32.4 Å². The van der Waals surface area contributed by atoms with E-state index in [4.69, 9.17) is 5.84 Å². The molecule has 0 amide bonds. The fourth-order valence-electron chi connectivity index (χ4n) is 6.99. The Hall–Kier alpha value is -0.830. The molecule has 3 N–H and O–H groups in total. The van der Waals surface area contributed by atoms with Gasteiger partial charge in [0.25, 0.3) is 0 Å². The summed E-state index contributed by atoms with van der Waals surface area (Å²) < 4.78 is 0.